The molecule has 1 atom stereocenters. The van der Waals surface area contributed by atoms with Crippen molar-refractivity contribution >= 4 is 0 Å². The normalized spacial score (nSPS) is 12.2. The minimum absolute atomic E-state index is 0.107. The van der Waals surface area contributed by atoms with Gasteiger partial charge >= 0.3 is 0 Å². The molecule has 20 heavy (non-hydrogen) atoms. The lowest BCUT2D eigenvalue weighted by Crippen LogP contribution is -2.18. The Balaban J connectivity index is 2.19. The highest BCUT2D eigenvalue weighted by atomic mass is 16.5. The highest BCUT2D eigenvalue weighted by molar-refractivity contribution is 5.34. The summed E-state index contributed by atoms with van der Waals surface area (Å²) in [5, 5.41) is 3.32. The van der Waals surface area contributed by atoms with Crippen LogP contribution in [0.25, 0.3) is 0 Å². The van der Waals surface area contributed by atoms with Gasteiger partial charge in [-0.3, -0.25) is 4.98 Å². The van der Waals surface area contributed by atoms with Crippen molar-refractivity contribution in [2.45, 2.75) is 26.3 Å². The van der Waals surface area contributed by atoms with Crippen LogP contribution in [0.2, 0.25) is 0 Å². The number of pyridine rings is 1. The molecular weight excluding hydrogens is 248 g/mol. The number of nitrogens with zero attached hydrogens (tertiary/aromatic N) is 1. The van der Waals surface area contributed by atoms with Gasteiger partial charge in [0, 0.05) is 6.20 Å². The van der Waals surface area contributed by atoms with E-state index in [-0.39, 0.29) is 6.04 Å². The number of hydrogen-bond acceptors (Lipinski definition) is 3. The van der Waals surface area contributed by atoms with Crippen molar-refractivity contribution in [1.29, 1.82) is 0 Å². The van der Waals surface area contributed by atoms with Crippen LogP contribution < -0.4 is 10.1 Å². The third kappa shape index (κ3) is 3.58. The molecule has 0 amide bonds. The third-order valence-electron chi connectivity index (χ3n) is 3.21. The quantitative estimate of drug-likeness (QED) is 0.872. The fourth-order valence-electron chi connectivity index (χ4n) is 2.18. The number of benzene rings is 1. The Morgan fingerprint density at radius 2 is 1.95 bits per heavy atom. The Hall–Kier alpha value is -1.87. The Bertz CT molecular complexity index is 537. The zero-order valence-corrected chi connectivity index (χ0v) is 12.4. The van der Waals surface area contributed by atoms with E-state index in [9.17, 15) is 0 Å². The second kappa shape index (κ2) is 7.06. The Morgan fingerprint density at radius 3 is 2.55 bits per heavy atom. The van der Waals surface area contributed by atoms with Gasteiger partial charge in [0.2, 0.25) is 0 Å². The summed E-state index contributed by atoms with van der Waals surface area (Å²) in [5.41, 5.74) is 3.45. The van der Waals surface area contributed by atoms with Gasteiger partial charge in [0.05, 0.1) is 18.3 Å². The smallest absolute Gasteiger partial charge is 0.119 e. The van der Waals surface area contributed by atoms with Crippen molar-refractivity contribution < 1.29 is 4.74 Å². The van der Waals surface area contributed by atoms with Gasteiger partial charge in [0.15, 0.2) is 0 Å². The van der Waals surface area contributed by atoms with Gasteiger partial charge in [-0.05, 0) is 55.8 Å². The summed E-state index contributed by atoms with van der Waals surface area (Å²) in [7, 11) is 1.95. The van der Waals surface area contributed by atoms with Gasteiger partial charge in [-0.1, -0.05) is 19.1 Å². The Labute approximate surface area is 121 Å². The van der Waals surface area contributed by atoms with Crippen LogP contribution >= 0.6 is 0 Å². The van der Waals surface area contributed by atoms with Crippen LogP contribution in [0.15, 0.2) is 42.6 Å². The van der Waals surface area contributed by atoms with E-state index in [1.165, 1.54) is 11.1 Å². The highest BCUT2D eigenvalue weighted by Crippen LogP contribution is 2.23. The molecule has 0 bridgehead atoms. The second-order valence-electron chi connectivity index (χ2n) is 4.90. The van der Waals surface area contributed by atoms with Crippen LogP contribution in [0.4, 0.5) is 0 Å². The Morgan fingerprint density at radius 1 is 1.20 bits per heavy atom. The van der Waals surface area contributed by atoms with Crippen LogP contribution in [0.3, 0.4) is 0 Å². The number of ether oxygens (including phenoxy) is 1. The zero-order valence-electron chi connectivity index (χ0n) is 12.4. The molecule has 0 spiro atoms. The van der Waals surface area contributed by atoms with E-state index in [4.69, 9.17) is 4.74 Å². The van der Waals surface area contributed by atoms with Gasteiger partial charge in [0.25, 0.3) is 0 Å². The fraction of sp³-hybridized carbons (Fsp3) is 0.353. The minimum Gasteiger partial charge on any atom is -0.494 e. The first-order valence-corrected chi connectivity index (χ1v) is 7.07. The number of hydrogen-bond donors (Lipinski definition) is 1. The lowest BCUT2D eigenvalue weighted by atomic mass is 10.0. The molecular formula is C17H22N2O. The van der Waals surface area contributed by atoms with Crippen molar-refractivity contribution in [3.63, 3.8) is 0 Å². The predicted molar refractivity (Wildman–Crippen MR) is 82.1 cm³/mol. The van der Waals surface area contributed by atoms with Crippen molar-refractivity contribution in [3.8, 4) is 5.75 Å². The van der Waals surface area contributed by atoms with E-state index < -0.39 is 0 Å². The summed E-state index contributed by atoms with van der Waals surface area (Å²) >= 11 is 0. The third-order valence-corrected chi connectivity index (χ3v) is 3.21. The van der Waals surface area contributed by atoms with Gasteiger partial charge in [0.1, 0.15) is 5.75 Å². The van der Waals surface area contributed by atoms with Crippen LogP contribution in [-0.4, -0.2) is 18.6 Å². The van der Waals surface area contributed by atoms with E-state index in [1.807, 2.05) is 31.4 Å². The lowest BCUT2D eigenvalue weighted by molar-refractivity contribution is 0.317. The van der Waals surface area contributed by atoms with Crippen molar-refractivity contribution in [2.75, 3.05) is 13.7 Å². The summed E-state index contributed by atoms with van der Waals surface area (Å²) in [6.45, 7) is 4.95. The molecule has 0 fully saturated rings. The highest BCUT2D eigenvalue weighted by Gasteiger charge is 2.13. The molecule has 1 aromatic carbocycles. The summed E-state index contributed by atoms with van der Waals surface area (Å²) in [6, 6.07) is 12.5. The van der Waals surface area contributed by atoms with E-state index in [1.54, 1.807) is 0 Å². The predicted octanol–water partition coefficient (Wildman–Crippen LogP) is 3.49. The van der Waals surface area contributed by atoms with Crippen molar-refractivity contribution in [1.82, 2.24) is 10.3 Å². The first kappa shape index (κ1) is 14.5. The van der Waals surface area contributed by atoms with Gasteiger partial charge in [-0.25, -0.2) is 0 Å². The molecule has 1 N–H and O–H groups in total. The minimum atomic E-state index is 0.107. The molecule has 0 saturated carbocycles. The molecule has 1 unspecified atom stereocenters. The molecule has 0 aliphatic carbocycles. The summed E-state index contributed by atoms with van der Waals surface area (Å²) in [4.78, 5) is 4.47. The maximum absolute atomic E-state index is 5.61. The molecule has 0 aliphatic rings. The summed E-state index contributed by atoms with van der Waals surface area (Å²) in [5.74, 6) is 0.919. The van der Waals surface area contributed by atoms with Crippen LogP contribution in [0, 0.1) is 6.92 Å². The first-order chi connectivity index (χ1) is 9.74. The fourth-order valence-corrected chi connectivity index (χ4v) is 2.18. The molecule has 1 aromatic heterocycles. The number of aromatic nitrogens is 1. The maximum atomic E-state index is 5.61. The van der Waals surface area contributed by atoms with E-state index >= 15 is 0 Å². The number of aryl methyl sites for hydroxylation is 1. The van der Waals surface area contributed by atoms with E-state index in [0.717, 1.165) is 24.5 Å². The van der Waals surface area contributed by atoms with Gasteiger partial charge in [-0.2, -0.15) is 0 Å². The maximum Gasteiger partial charge on any atom is 0.119 e. The van der Waals surface area contributed by atoms with Crippen molar-refractivity contribution in [3.05, 3.63) is 59.4 Å². The monoisotopic (exact) mass is 270 g/mol. The molecule has 3 nitrogen and oxygen atoms in total. The Kier molecular flexibility index (Phi) is 5.13. The zero-order chi connectivity index (χ0) is 14.4. The molecule has 0 radical (unpaired) electrons. The summed E-state index contributed by atoms with van der Waals surface area (Å²) in [6.07, 6.45) is 2.88. The first-order valence-electron chi connectivity index (χ1n) is 7.07. The number of rotatable bonds is 6. The average Bonchev–Trinajstić information content (AvgIpc) is 2.47. The summed E-state index contributed by atoms with van der Waals surface area (Å²) < 4.78 is 5.61. The second-order valence-corrected chi connectivity index (χ2v) is 4.90. The lowest BCUT2D eigenvalue weighted by Gasteiger charge is -2.17. The van der Waals surface area contributed by atoms with Gasteiger partial charge in [-0.15, -0.1) is 0 Å². The molecule has 0 aliphatic heterocycles. The molecule has 1 heterocycles. The van der Waals surface area contributed by atoms with Gasteiger partial charge < -0.3 is 10.1 Å². The topological polar surface area (TPSA) is 34.1 Å². The van der Waals surface area contributed by atoms with Crippen LogP contribution in [-0.2, 0) is 0 Å². The SMILES string of the molecule is CCCOc1ccc(C(NC)c2cc(C)ccn2)cc1. The average molecular weight is 270 g/mol. The van der Waals surface area contributed by atoms with Crippen molar-refractivity contribution in [2.24, 2.45) is 0 Å². The molecule has 2 aromatic rings. The molecule has 106 valence electrons. The van der Waals surface area contributed by atoms with E-state index in [0.29, 0.717) is 0 Å². The number of nitrogens with one attached hydrogen (secondary N) is 1. The van der Waals surface area contributed by atoms with Crippen LogP contribution in [0.1, 0.15) is 36.2 Å². The molecule has 0 saturated heterocycles. The van der Waals surface area contributed by atoms with Crippen LogP contribution in [0.5, 0.6) is 5.75 Å². The van der Waals surface area contributed by atoms with E-state index in [2.05, 4.69) is 42.3 Å². The molecule has 3 heteroatoms. The standard InChI is InChI=1S/C17H22N2O/c1-4-11-20-15-7-5-14(6-8-15)17(18-3)16-12-13(2)9-10-19-16/h5-10,12,17-18H,4,11H2,1-3H3. The largest absolute Gasteiger partial charge is 0.494 e. The molecule has 2 rings (SSSR count).